The van der Waals surface area contributed by atoms with Crippen LogP contribution >= 0.6 is 0 Å². The van der Waals surface area contributed by atoms with Gasteiger partial charge in [0, 0.05) is 18.8 Å². The van der Waals surface area contributed by atoms with Gasteiger partial charge in [0.05, 0.1) is 11.9 Å². The quantitative estimate of drug-likeness (QED) is 0.753. The standard InChI is InChI=1S/C15H16N6O/c1-2-3-6-11-19-13-12(17-9-18-13)14(20-11)21-15(22)10-5-4-7-16-8-10/h4-5,7-9H,2-3,6H2,1H3,(H2,17,18,19,20,21,22). The van der Waals surface area contributed by atoms with E-state index in [0.717, 1.165) is 19.3 Å². The lowest BCUT2D eigenvalue weighted by molar-refractivity contribution is 0.102. The van der Waals surface area contributed by atoms with Crippen molar-refractivity contribution >= 4 is 22.9 Å². The van der Waals surface area contributed by atoms with Gasteiger partial charge in [-0.15, -0.1) is 0 Å². The number of aryl methyl sites for hydroxylation is 1. The van der Waals surface area contributed by atoms with Crippen molar-refractivity contribution in [3.05, 3.63) is 42.2 Å². The van der Waals surface area contributed by atoms with Crippen LogP contribution in [-0.4, -0.2) is 30.8 Å². The average molecular weight is 296 g/mol. The molecular formula is C15H16N6O. The average Bonchev–Trinajstić information content (AvgIpc) is 3.02. The fraction of sp³-hybridized carbons (Fsp3) is 0.267. The molecule has 0 bridgehead atoms. The molecule has 112 valence electrons. The Kier molecular flexibility index (Phi) is 4.04. The Labute approximate surface area is 127 Å². The minimum atomic E-state index is -0.266. The van der Waals surface area contributed by atoms with Crippen molar-refractivity contribution in [2.45, 2.75) is 26.2 Å². The van der Waals surface area contributed by atoms with E-state index in [-0.39, 0.29) is 5.91 Å². The summed E-state index contributed by atoms with van der Waals surface area (Å²) in [5.74, 6) is 0.851. The third-order valence-corrected chi connectivity index (χ3v) is 3.23. The predicted octanol–water partition coefficient (Wildman–Crippen LogP) is 2.34. The van der Waals surface area contributed by atoms with Gasteiger partial charge < -0.3 is 10.3 Å². The molecule has 0 aromatic carbocycles. The maximum atomic E-state index is 12.3. The van der Waals surface area contributed by atoms with Crippen molar-refractivity contribution in [2.75, 3.05) is 5.32 Å². The van der Waals surface area contributed by atoms with E-state index in [4.69, 9.17) is 0 Å². The van der Waals surface area contributed by atoms with Gasteiger partial charge in [-0.1, -0.05) is 13.3 Å². The number of unbranched alkanes of at least 4 members (excludes halogenated alkanes) is 1. The molecule has 0 radical (unpaired) electrons. The summed E-state index contributed by atoms with van der Waals surface area (Å²) >= 11 is 0. The smallest absolute Gasteiger partial charge is 0.258 e. The SMILES string of the molecule is CCCCc1nc(NC(=O)c2cccnc2)c2nc[nH]c2n1. The third-order valence-electron chi connectivity index (χ3n) is 3.23. The van der Waals surface area contributed by atoms with Crippen LogP contribution in [0.15, 0.2) is 30.9 Å². The minimum absolute atomic E-state index is 0.266. The van der Waals surface area contributed by atoms with Crippen LogP contribution in [0.25, 0.3) is 11.2 Å². The van der Waals surface area contributed by atoms with Crippen molar-refractivity contribution in [1.29, 1.82) is 0 Å². The van der Waals surface area contributed by atoms with Crippen LogP contribution in [0.1, 0.15) is 35.9 Å². The number of carbonyl (C=O) groups is 1. The van der Waals surface area contributed by atoms with Crippen molar-refractivity contribution in [1.82, 2.24) is 24.9 Å². The van der Waals surface area contributed by atoms with Gasteiger partial charge >= 0.3 is 0 Å². The van der Waals surface area contributed by atoms with Crippen LogP contribution in [0.2, 0.25) is 0 Å². The Balaban J connectivity index is 1.91. The van der Waals surface area contributed by atoms with Crippen LogP contribution in [-0.2, 0) is 6.42 Å². The number of fused-ring (bicyclic) bond motifs is 1. The summed E-state index contributed by atoms with van der Waals surface area (Å²) in [6.07, 6.45) is 7.49. The molecule has 22 heavy (non-hydrogen) atoms. The van der Waals surface area contributed by atoms with Gasteiger partial charge in [0.1, 0.15) is 5.82 Å². The van der Waals surface area contributed by atoms with E-state index in [0.29, 0.717) is 28.4 Å². The second-order valence-corrected chi connectivity index (χ2v) is 4.89. The Bertz CT molecular complexity index is 783. The van der Waals surface area contributed by atoms with Gasteiger partial charge in [0.2, 0.25) is 0 Å². The number of hydrogen-bond acceptors (Lipinski definition) is 5. The lowest BCUT2D eigenvalue weighted by atomic mass is 10.2. The van der Waals surface area contributed by atoms with Crippen LogP contribution in [0.3, 0.4) is 0 Å². The van der Waals surface area contributed by atoms with Gasteiger partial charge in [0.25, 0.3) is 5.91 Å². The van der Waals surface area contributed by atoms with Crippen LogP contribution in [0.5, 0.6) is 0 Å². The van der Waals surface area contributed by atoms with Crippen LogP contribution in [0.4, 0.5) is 5.82 Å². The predicted molar refractivity (Wildman–Crippen MR) is 82.5 cm³/mol. The lowest BCUT2D eigenvalue weighted by Crippen LogP contribution is -2.14. The summed E-state index contributed by atoms with van der Waals surface area (Å²) in [7, 11) is 0. The van der Waals surface area contributed by atoms with E-state index in [1.165, 1.54) is 6.20 Å². The molecule has 3 rings (SSSR count). The summed E-state index contributed by atoms with van der Waals surface area (Å²) in [5.41, 5.74) is 1.65. The number of nitrogens with one attached hydrogen (secondary N) is 2. The summed E-state index contributed by atoms with van der Waals surface area (Å²) in [4.78, 5) is 32.2. The van der Waals surface area contributed by atoms with Crippen molar-refractivity contribution in [2.24, 2.45) is 0 Å². The Morgan fingerprint density at radius 1 is 1.36 bits per heavy atom. The molecule has 0 unspecified atom stereocenters. The summed E-state index contributed by atoms with van der Waals surface area (Å²) in [6.45, 7) is 2.11. The summed E-state index contributed by atoms with van der Waals surface area (Å²) < 4.78 is 0. The number of nitrogens with zero attached hydrogens (tertiary/aromatic N) is 4. The Hall–Kier alpha value is -2.83. The van der Waals surface area contributed by atoms with E-state index in [9.17, 15) is 4.79 Å². The van der Waals surface area contributed by atoms with E-state index >= 15 is 0 Å². The minimum Gasteiger partial charge on any atom is -0.329 e. The molecule has 0 saturated heterocycles. The number of aromatic amines is 1. The highest BCUT2D eigenvalue weighted by atomic mass is 16.1. The summed E-state index contributed by atoms with van der Waals surface area (Å²) in [5, 5.41) is 2.79. The van der Waals surface area contributed by atoms with Crippen molar-refractivity contribution < 1.29 is 4.79 Å². The second-order valence-electron chi connectivity index (χ2n) is 4.89. The fourth-order valence-corrected chi connectivity index (χ4v) is 2.09. The lowest BCUT2D eigenvalue weighted by Gasteiger charge is -2.07. The van der Waals surface area contributed by atoms with Gasteiger partial charge in [0.15, 0.2) is 17.0 Å². The van der Waals surface area contributed by atoms with Gasteiger partial charge in [-0.25, -0.2) is 15.0 Å². The normalized spacial score (nSPS) is 10.8. The molecule has 0 fully saturated rings. The highest BCUT2D eigenvalue weighted by Gasteiger charge is 2.14. The first kappa shape index (κ1) is 14.1. The molecule has 3 heterocycles. The second kappa shape index (κ2) is 6.30. The van der Waals surface area contributed by atoms with E-state index in [1.807, 2.05) is 0 Å². The first-order chi connectivity index (χ1) is 10.8. The number of H-pyrrole nitrogens is 1. The Morgan fingerprint density at radius 3 is 3.05 bits per heavy atom. The van der Waals surface area contributed by atoms with Gasteiger partial charge in [-0.2, -0.15) is 0 Å². The van der Waals surface area contributed by atoms with Crippen molar-refractivity contribution in [3.8, 4) is 0 Å². The number of carbonyl (C=O) groups excluding carboxylic acids is 1. The number of pyridine rings is 1. The van der Waals surface area contributed by atoms with E-state index in [2.05, 4.69) is 37.2 Å². The Morgan fingerprint density at radius 2 is 2.27 bits per heavy atom. The van der Waals surface area contributed by atoms with E-state index < -0.39 is 0 Å². The largest absolute Gasteiger partial charge is 0.329 e. The monoisotopic (exact) mass is 296 g/mol. The molecular weight excluding hydrogens is 280 g/mol. The van der Waals surface area contributed by atoms with Crippen LogP contribution < -0.4 is 5.32 Å². The van der Waals surface area contributed by atoms with Gasteiger partial charge in [-0.05, 0) is 18.6 Å². The molecule has 0 aliphatic heterocycles. The topological polar surface area (TPSA) is 96.5 Å². The molecule has 0 saturated carbocycles. The molecule has 0 aliphatic carbocycles. The molecule has 7 heteroatoms. The fourth-order valence-electron chi connectivity index (χ4n) is 2.09. The molecule has 0 spiro atoms. The molecule has 0 aliphatic rings. The first-order valence-corrected chi connectivity index (χ1v) is 7.19. The maximum Gasteiger partial charge on any atom is 0.258 e. The maximum absolute atomic E-state index is 12.3. The number of hydrogen-bond donors (Lipinski definition) is 2. The highest BCUT2D eigenvalue weighted by Crippen LogP contribution is 2.18. The summed E-state index contributed by atoms with van der Waals surface area (Å²) in [6, 6.07) is 3.41. The van der Waals surface area contributed by atoms with Crippen LogP contribution in [0, 0.1) is 0 Å². The molecule has 1 amide bonds. The molecule has 3 aromatic rings. The number of aromatic nitrogens is 5. The molecule has 3 aromatic heterocycles. The highest BCUT2D eigenvalue weighted by molar-refractivity contribution is 6.06. The number of imidazole rings is 1. The third kappa shape index (κ3) is 2.93. The number of rotatable bonds is 5. The zero-order valence-electron chi connectivity index (χ0n) is 12.2. The molecule has 2 N–H and O–H groups in total. The zero-order chi connectivity index (χ0) is 15.4. The molecule has 0 atom stereocenters. The van der Waals surface area contributed by atoms with E-state index in [1.54, 1.807) is 24.7 Å². The molecule has 7 nitrogen and oxygen atoms in total. The first-order valence-electron chi connectivity index (χ1n) is 7.19. The van der Waals surface area contributed by atoms with Crippen molar-refractivity contribution in [3.63, 3.8) is 0 Å². The zero-order valence-corrected chi connectivity index (χ0v) is 12.2. The van der Waals surface area contributed by atoms with Gasteiger partial charge in [-0.3, -0.25) is 9.78 Å². The number of amides is 1. The number of anilines is 1.